The van der Waals surface area contributed by atoms with Gasteiger partial charge in [0.15, 0.2) is 0 Å². The summed E-state index contributed by atoms with van der Waals surface area (Å²) in [5.74, 6) is 0.223. The molecule has 0 aromatic heterocycles. The van der Waals surface area contributed by atoms with Crippen molar-refractivity contribution in [1.82, 2.24) is 15.5 Å². The largest absolute Gasteiger partial charge is 0.352 e. The van der Waals surface area contributed by atoms with E-state index in [1.807, 2.05) is 0 Å². The van der Waals surface area contributed by atoms with E-state index < -0.39 is 0 Å². The maximum atomic E-state index is 11.7. The third-order valence-electron chi connectivity index (χ3n) is 3.52. The van der Waals surface area contributed by atoms with Crippen LogP contribution in [0, 0.1) is 0 Å². The second kappa shape index (κ2) is 6.21. The van der Waals surface area contributed by atoms with Crippen molar-refractivity contribution in [3.05, 3.63) is 0 Å². The lowest BCUT2D eigenvalue weighted by Gasteiger charge is -2.24. The van der Waals surface area contributed by atoms with Gasteiger partial charge in [-0.1, -0.05) is 0 Å². The molecule has 0 aromatic rings. The van der Waals surface area contributed by atoms with Crippen LogP contribution in [0.3, 0.4) is 0 Å². The Morgan fingerprint density at radius 2 is 2.12 bits per heavy atom. The summed E-state index contributed by atoms with van der Waals surface area (Å²) in [6.07, 6.45) is 5.57. The average Bonchev–Trinajstić information content (AvgIpc) is 2.81. The molecule has 4 nitrogen and oxygen atoms in total. The fourth-order valence-electron chi connectivity index (χ4n) is 2.54. The Bertz CT molecular complexity index is 220. The Balaban J connectivity index is 1.59. The molecule has 2 fully saturated rings. The lowest BCUT2D eigenvalue weighted by molar-refractivity contribution is -0.122. The Hall–Kier alpha value is -0.610. The van der Waals surface area contributed by atoms with Crippen LogP contribution in [0.4, 0.5) is 0 Å². The van der Waals surface area contributed by atoms with E-state index in [4.69, 9.17) is 0 Å². The number of piperidine rings is 1. The van der Waals surface area contributed by atoms with Gasteiger partial charge in [0.05, 0.1) is 0 Å². The molecule has 16 heavy (non-hydrogen) atoms. The summed E-state index contributed by atoms with van der Waals surface area (Å²) in [6, 6.07) is 0.361. The van der Waals surface area contributed by atoms with Gasteiger partial charge in [-0.3, -0.25) is 4.79 Å². The number of nitrogens with zero attached hydrogens (tertiary/aromatic N) is 1. The summed E-state index contributed by atoms with van der Waals surface area (Å²) in [6.45, 7) is 5.33. The van der Waals surface area contributed by atoms with Gasteiger partial charge in [-0.2, -0.15) is 0 Å². The van der Waals surface area contributed by atoms with Crippen molar-refractivity contribution in [3.63, 3.8) is 0 Å². The van der Waals surface area contributed by atoms with Crippen LogP contribution < -0.4 is 10.6 Å². The SMILES string of the molecule is O=C(CCN1CCCC1)NC1CCCNC1. The summed E-state index contributed by atoms with van der Waals surface area (Å²) < 4.78 is 0. The van der Waals surface area contributed by atoms with Gasteiger partial charge in [-0.25, -0.2) is 0 Å². The van der Waals surface area contributed by atoms with Crippen molar-refractivity contribution in [2.24, 2.45) is 0 Å². The van der Waals surface area contributed by atoms with Crippen LogP contribution in [0.5, 0.6) is 0 Å². The van der Waals surface area contributed by atoms with Crippen LogP contribution in [-0.4, -0.2) is 49.6 Å². The standard InChI is InChI=1S/C12H23N3O/c16-12(5-9-15-7-1-2-8-15)14-11-4-3-6-13-10-11/h11,13H,1-10H2,(H,14,16). The van der Waals surface area contributed by atoms with Gasteiger partial charge < -0.3 is 15.5 Å². The molecule has 2 heterocycles. The lowest BCUT2D eigenvalue weighted by atomic mass is 10.1. The molecule has 4 heteroatoms. The molecule has 2 rings (SSSR count). The highest BCUT2D eigenvalue weighted by molar-refractivity contribution is 5.76. The number of likely N-dealkylation sites (tertiary alicyclic amines) is 1. The van der Waals surface area contributed by atoms with Crippen LogP contribution in [-0.2, 0) is 4.79 Å². The van der Waals surface area contributed by atoms with E-state index in [0.717, 1.165) is 26.1 Å². The van der Waals surface area contributed by atoms with Crippen LogP contribution in [0.2, 0.25) is 0 Å². The number of amides is 1. The van der Waals surface area contributed by atoms with Crippen molar-refractivity contribution >= 4 is 5.91 Å². The number of nitrogens with one attached hydrogen (secondary N) is 2. The minimum Gasteiger partial charge on any atom is -0.352 e. The number of carbonyl (C=O) groups is 1. The summed E-state index contributed by atoms with van der Waals surface area (Å²) in [7, 11) is 0. The van der Waals surface area contributed by atoms with E-state index in [1.54, 1.807) is 0 Å². The zero-order valence-electron chi connectivity index (χ0n) is 10.0. The highest BCUT2D eigenvalue weighted by Crippen LogP contribution is 2.07. The van der Waals surface area contributed by atoms with Crippen molar-refractivity contribution in [2.75, 3.05) is 32.7 Å². The molecule has 92 valence electrons. The first-order valence-electron chi connectivity index (χ1n) is 6.57. The van der Waals surface area contributed by atoms with E-state index in [2.05, 4.69) is 15.5 Å². The van der Waals surface area contributed by atoms with E-state index >= 15 is 0 Å². The van der Waals surface area contributed by atoms with Gasteiger partial charge in [0.25, 0.3) is 0 Å². The molecule has 1 unspecified atom stereocenters. The fourth-order valence-corrected chi connectivity index (χ4v) is 2.54. The zero-order chi connectivity index (χ0) is 11.2. The maximum Gasteiger partial charge on any atom is 0.221 e. The molecule has 0 saturated carbocycles. The zero-order valence-corrected chi connectivity index (χ0v) is 10.0. The second-order valence-electron chi connectivity index (χ2n) is 4.91. The average molecular weight is 225 g/mol. The third kappa shape index (κ3) is 3.76. The molecule has 2 saturated heterocycles. The highest BCUT2D eigenvalue weighted by atomic mass is 16.1. The molecule has 2 N–H and O–H groups in total. The molecular formula is C12H23N3O. The van der Waals surface area contributed by atoms with Crippen LogP contribution in [0.15, 0.2) is 0 Å². The number of hydrogen-bond acceptors (Lipinski definition) is 3. The normalized spacial score (nSPS) is 26.9. The molecule has 0 bridgehead atoms. The monoisotopic (exact) mass is 225 g/mol. The first kappa shape index (κ1) is 11.9. The van der Waals surface area contributed by atoms with E-state index in [9.17, 15) is 4.79 Å². The van der Waals surface area contributed by atoms with E-state index in [0.29, 0.717) is 12.5 Å². The topological polar surface area (TPSA) is 44.4 Å². The molecule has 2 aliphatic heterocycles. The van der Waals surface area contributed by atoms with E-state index in [1.165, 1.54) is 32.4 Å². The minimum atomic E-state index is 0.223. The quantitative estimate of drug-likeness (QED) is 0.725. The number of hydrogen-bond donors (Lipinski definition) is 2. The summed E-state index contributed by atoms with van der Waals surface area (Å²) in [5, 5.41) is 6.43. The van der Waals surface area contributed by atoms with Crippen molar-refractivity contribution in [1.29, 1.82) is 0 Å². The molecule has 1 amide bonds. The summed E-state index contributed by atoms with van der Waals surface area (Å²) in [5.41, 5.74) is 0. The van der Waals surface area contributed by atoms with E-state index in [-0.39, 0.29) is 5.91 Å². The lowest BCUT2D eigenvalue weighted by Crippen LogP contribution is -2.46. The maximum absolute atomic E-state index is 11.7. The Kier molecular flexibility index (Phi) is 4.60. The third-order valence-corrected chi connectivity index (χ3v) is 3.52. The second-order valence-corrected chi connectivity index (χ2v) is 4.91. The minimum absolute atomic E-state index is 0.223. The van der Waals surface area contributed by atoms with Crippen molar-refractivity contribution < 1.29 is 4.79 Å². The van der Waals surface area contributed by atoms with Gasteiger partial charge >= 0.3 is 0 Å². The van der Waals surface area contributed by atoms with Gasteiger partial charge in [0.2, 0.25) is 5.91 Å². The summed E-state index contributed by atoms with van der Waals surface area (Å²) >= 11 is 0. The van der Waals surface area contributed by atoms with Gasteiger partial charge in [0.1, 0.15) is 0 Å². The number of carbonyl (C=O) groups excluding carboxylic acids is 1. The predicted molar refractivity (Wildman–Crippen MR) is 64.3 cm³/mol. The van der Waals surface area contributed by atoms with Crippen molar-refractivity contribution in [3.8, 4) is 0 Å². The molecule has 0 aliphatic carbocycles. The first-order valence-corrected chi connectivity index (χ1v) is 6.57. The predicted octanol–water partition coefficient (Wildman–Crippen LogP) is 0.341. The van der Waals surface area contributed by atoms with Crippen LogP contribution in [0.25, 0.3) is 0 Å². The van der Waals surface area contributed by atoms with Gasteiger partial charge in [-0.15, -0.1) is 0 Å². The van der Waals surface area contributed by atoms with Crippen molar-refractivity contribution in [2.45, 2.75) is 38.1 Å². The first-order chi connectivity index (χ1) is 7.84. The van der Waals surface area contributed by atoms with Gasteiger partial charge in [-0.05, 0) is 45.3 Å². The molecule has 1 atom stereocenters. The Morgan fingerprint density at radius 3 is 2.81 bits per heavy atom. The molecule has 0 spiro atoms. The number of rotatable bonds is 4. The smallest absolute Gasteiger partial charge is 0.221 e. The molecule has 2 aliphatic rings. The molecule has 0 radical (unpaired) electrons. The van der Waals surface area contributed by atoms with Crippen LogP contribution in [0.1, 0.15) is 32.1 Å². The fraction of sp³-hybridized carbons (Fsp3) is 0.917. The van der Waals surface area contributed by atoms with Crippen LogP contribution >= 0.6 is 0 Å². The summed E-state index contributed by atoms with van der Waals surface area (Å²) in [4.78, 5) is 14.1. The van der Waals surface area contributed by atoms with Gasteiger partial charge in [0, 0.05) is 25.6 Å². The Morgan fingerprint density at radius 1 is 1.31 bits per heavy atom. The Labute approximate surface area is 97.8 Å². The molecular weight excluding hydrogens is 202 g/mol. The molecule has 0 aromatic carbocycles. The highest BCUT2D eigenvalue weighted by Gasteiger charge is 2.16.